The first-order chi connectivity index (χ1) is 8.42. The molecule has 19 heavy (non-hydrogen) atoms. The van der Waals surface area contributed by atoms with Crippen molar-refractivity contribution < 1.29 is 9.53 Å². The Labute approximate surface area is 119 Å². The third-order valence-corrected chi connectivity index (χ3v) is 5.56. The molecule has 0 aromatic carbocycles. The molecule has 0 unspecified atom stereocenters. The predicted octanol–water partition coefficient (Wildman–Crippen LogP) is 4.82. The minimum atomic E-state index is -0.364. The molecule has 2 heteroatoms. The monoisotopic (exact) mass is 268 g/mol. The van der Waals surface area contributed by atoms with Gasteiger partial charge in [0, 0.05) is 0 Å². The Morgan fingerprint density at radius 1 is 1.16 bits per heavy atom. The fraction of sp³-hybridized carbons (Fsp3) is 0.941. The number of hydrogen-bond acceptors (Lipinski definition) is 2. The molecule has 0 aromatic rings. The number of carbonyl (C=O) groups excluding carboxylic acids is 1. The number of hydrogen-bond donors (Lipinski definition) is 0. The van der Waals surface area contributed by atoms with Crippen LogP contribution in [0.2, 0.25) is 0 Å². The lowest BCUT2D eigenvalue weighted by atomic mass is 9.57. The van der Waals surface area contributed by atoms with Crippen molar-refractivity contribution in [1.82, 2.24) is 0 Å². The maximum Gasteiger partial charge on any atom is 0.311 e. The lowest BCUT2D eigenvalue weighted by Crippen LogP contribution is -2.46. The van der Waals surface area contributed by atoms with E-state index in [0.717, 1.165) is 19.3 Å². The van der Waals surface area contributed by atoms with Crippen LogP contribution in [-0.2, 0) is 9.53 Å². The third kappa shape index (κ3) is 3.52. The van der Waals surface area contributed by atoms with Crippen molar-refractivity contribution in [2.75, 3.05) is 0 Å². The lowest BCUT2D eigenvalue weighted by molar-refractivity contribution is -0.169. The summed E-state index contributed by atoms with van der Waals surface area (Å²) in [5.74, 6) is 0.593. The SMILES string of the molecule is CCC(C)(C)C(=O)OC1CC(C)(C)C(C)C(C)(C)C1. The van der Waals surface area contributed by atoms with Crippen LogP contribution in [0, 0.1) is 22.2 Å². The molecule has 0 bridgehead atoms. The largest absolute Gasteiger partial charge is 0.462 e. The molecule has 0 saturated heterocycles. The van der Waals surface area contributed by atoms with Crippen molar-refractivity contribution in [3.8, 4) is 0 Å². The van der Waals surface area contributed by atoms with Crippen LogP contribution in [-0.4, -0.2) is 12.1 Å². The van der Waals surface area contributed by atoms with Gasteiger partial charge in [0.05, 0.1) is 5.41 Å². The van der Waals surface area contributed by atoms with Crippen LogP contribution in [0.4, 0.5) is 0 Å². The van der Waals surface area contributed by atoms with E-state index in [0.29, 0.717) is 5.92 Å². The van der Waals surface area contributed by atoms with Gasteiger partial charge in [0.2, 0.25) is 0 Å². The van der Waals surface area contributed by atoms with Crippen molar-refractivity contribution in [2.24, 2.45) is 22.2 Å². The summed E-state index contributed by atoms with van der Waals surface area (Å²) < 4.78 is 5.83. The van der Waals surface area contributed by atoms with Gasteiger partial charge in [0.1, 0.15) is 6.10 Å². The molecule has 0 amide bonds. The summed E-state index contributed by atoms with van der Waals surface area (Å²) in [5, 5.41) is 0. The highest BCUT2D eigenvalue weighted by molar-refractivity contribution is 5.76. The molecule has 112 valence electrons. The molecule has 1 saturated carbocycles. The molecule has 1 rings (SSSR count). The van der Waals surface area contributed by atoms with Crippen LogP contribution in [0.1, 0.15) is 74.7 Å². The highest BCUT2D eigenvalue weighted by Crippen LogP contribution is 2.51. The molecule has 0 heterocycles. The smallest absolute Gasteiger partial charge is 0.311 e. The molecule has 1 fully saturated rings. The number of ether oxygens (including phenoxy) is 1. The van der Waals surface area contributed by atoms with Gasteiger partial charge in [-0.2, -0.15) is 0 Å². The van der Waals surface area contributed by atoms with Crippen LogP contribution in [0.3, 0.4) is 0 Å². The molecule has 0 radical (unpaired) electrons. The van der Waals surface area contributed by atoms with Gasteiger partial charge in [-0.3, -0.25) is 4.79 Å². The molecule has 0 atom stereocenters. The Hall–Kier alpha value is -0.530. The lowest BCUT2D eigenvalue weighted by Gasteiger charge is -2.50. The van der Waals surface area contributed by atoms with Gasteiger partial charge in [-0.1, -0.05) is 41.5 Å². The van der Waals surface area contributed by atoms with Crippen LogP contribution >= 0.6 is 0 Å². The molecule has 1 aliphatic rings. The number of rotatable bonds is 3. The van der Waals surface area contributed by atoms with Crippen molar-refractivity contribution in [2.45, 2.75) is 80.8 Å². The van der Waals surface area contributed by atoms with Gasteiger partial charge >= 0.3 is 5.97 Å². The van der Waals surface area contributed by atoms with Crippen LogP contribution in [0.15, 0.2) is 0 Å². The average molecular weight is 268 g/mol. The molecule has 1 aliphatic carbocycles. The molecule has 0 spiro atoms. The van der Waals surface area contributed by atoms with Gasteiger partial charge < -0.3 is 4.74 Å². The fourth-order valence-corrected chi connectivity index (χ4v) is 3.20. The second-order valence-electron chi connectivity index (χ2n) is 8.37. The Balaban J connectivity index is 2.79. The van der Waals surface area contributed by atoms with Crippen molar-refractivity contribution in [3.05, 3.63) is 0 Å². The molecule has 0 N–H and O–H groups in total. The summed E-state index contributed by atoms with van der Waals surface area (Å²) in [6, 6.07) is 0. The molecule has 0 aliphatic heterocycles. The first kappa shape index (κ1) is 16.5. The van der Waals surface area contributed by atoms with Gasteiger partial charge in [0.25, 0.3) is 0 Å². The van der Waals surface area contributed by atoms with E-state index >= 15 is 0 Å². The summed E-state index contributed by atoms with van der Waals surface area (Å²) in [5.41, 5.74) is 0.0868. The van der Waals surface area contributed by atoms with E-state index in [2.05, 4.69) is 34.6 Å². The quantitative estimate of drug-likeness (QED) is 0.686. The van der Waals surface area contributed by atoms with Crippen molar-refractivity contribution >= 4 is 5.97 Å². The number of carbonyl (C=O) groups is 1. The zero-order valence-corrected chi connectivity index (χ0v) is 14.1. The zero-order chi connectivity index (χ0) is 15.1. The Kier molecular flexibility index (Phi) is 4.44. The van der Waals surface area contributed by atoms with E-state index in [4.69, 9.17) is 4.74 Å². The molecular weight excluding hydrogens is 236 g/mol. The van der Waals surface area contributed by atoms with Gasteiger partial charge in [-0.15, -0.1) is 0 Å². The van der Waals surface area contributed by atoms with E-state index in [-0.39, 0.29) is 28.3 Å². The summed E-state index contributed by atoms with van der Waals surface area (Å²) in [6.45, 7) is 17.5. The van der Waals surface area contributed by atoms with E-state index in [1.165, 1.54) is 0 Å². The highest BCUT2D eigenvalue weighted by Gasteiger charge is 2.46. The molecule has 2 nitrogen and oxygen atoms in total. The van der Waals surface area contributed by atoms with Crippen LogP contribution in [0.5, 0.6) is 0 Å². The normalized spacial score (nSPS) is 29.9. The summed E-state index contributed by atoms with van der Waals surface area (Å²) >= 11 is 0. The number of esters is 1. The van der Waals surface area contributed by atoms with E-state index in [9.17, 15) is 4.79 Å². The zero-order valence-electron chi connectivity index (χ0n) is 14.1. The fourth-order valence-electron chi connectivity index (χ4n) is 3.20. The van der Waals surface area contributed by atoms with E-state index < -0.39 is 0 Å². The van der Waals surface area contributed by atoms with Gasteiger partial charge in [-0.05, 0) is 49.9 Å². The van der Waals surface area contributed by atoms with Gasteiger partial charge in [-0.25, -0.2) is 0 Å². The first-order valence-corrected chi connectivity index (χ1v) is 7.63. The summed E-state index contributed by atoms with van der Waals surface area (Å²) in [6.07, 6.45) is 2.84. The summed E-state index contributed by atoms with van der Waals surface area (Å²) in [7, 11) is 0. The second-order valence-corrected chi connectivity index (χ2v) is 8.37. The van der Waals surface area contributed by atoms with Crippen LogP contribution < -0.4 is 0 Å². The maximum absolute atomic E-state index is 12.2. The van der Waals surface area contributed by atoms with E-state index in [1.54, 1.807) is 0 Å². The first-order valence-electron chi connectivity index (χ1n) is 7.63. The molecule has 0 aromatic heterocycles. The Morgan fingerprint density at radius 2 is 1.58 bits per heavy atom. The Bertz CT molecular complexity index is 321. The van der Waals surface area contributed by atoms with E-state index in [1.807, 2.05) is 20.8 Å². The molecular formula is C17H32O2. The van der Waals surface area contributed by atoms with Crippen LogP contribution in [0.25, 0.3) is 0 Å². The second kappa shape index (κ2) is 5.10. The average Bonchev–Trinajstić information content (AvgIpc) is 2.24. The highest BCUT2D eigenvalue weighted by atomic mass is 16.5. The van der Waals surface area contributed by atoms with Gasteiger partial charge in [0.15, 0.2) is 0 Å². The summed E-state index contributed by atoms with van der Waals surface area (Å²) in [4.78, 5) is 12.2. The topological polar surface area (TPSA) is 26.3 Å². The Morgan fingerprint density at radius 3 is 1.95 bits per heavy atom. The minimum absolute atomic E-state index is 0.0406. The predicted molar refractivity (Wildman–Crippen MR) is 79.9 cm³/mol. The maximum atomic E-state index is 12.2. The van der Waals surface area contributed by atoms with Crippen molar-refractivity contribution in [3.63, 3.8) is 0 Å². The third-order valence-electron chi connectivity index (χ3n) is 5.56. The standard InChI is InChI=1S/C17H32O2/c1-9-15(3,4)14(18)19-13-10-16(5,6)12(2)17(7,8)11-13/h12-13H,9-11H2,1-8H3. The van der Waals surface area contributed by atoms with Crippen molar-refractivity contribution in [1.29, 1.82) is 0 Å². The minimum Gasteiger partial charge on any atom is -0.462 e.